The summed E-state index contributed by atoms with van der Waals surface area (Å²) in [6.45, 7) is 12.9. The first kappa shape index (κ1) is 11.9. The molecule has 1 rings (SSSR count). The minimum atomic E-state index is -0.0125. The standard InChI is InChI=1S/C11H22N2S/c1-8-6-13(7-9(2)14-8)10(12)11(3,4)5/h8-9,12H,6-7H2,1-5H3. The normalized spacial score (nSPS) is 29.1. The molecule has 2 unspecified atom stereocenters. The van der Waals surface area contributed by atoms with Gasteiger partial charge < -0.3 is 4.90 Å². The Morgan fingerprint density at radius 1 is 1.21 bits per heavy atom. The molecule has 14 heavy (non-hydrogen) atoms. The fraction of sp³-hybridized carbons (Fsp3) is 0.909. The fourth-order valence-electron chi connectivity index (χ4n) is 1.83. The molecule has 0 aromatic heterocycles. The molecule has 0 saturated carbocycles. The molecule has 1 saturated heterocycles. The van der Waals surface area contributed by atoms with Crippen molar-refractivity contribution >= 4 is 17.6 Å². The van der Waals surface area contributed by atoms with Crippen LogP contribution in [0.15, 0.2) is 0 Å². The van der Waals surface area contributed by atoms with Gasteiger partial charge in [-0.2, -0.15) is 11.8 Å². The molecule has 1 aliphatic rings. The smallest absolute Gasteiger partial charge is 0.101 e. The molecule has 1 fully saturated rings. The van der Waals surface area contributed by atoms with E-state index in [0.717, 1.165) is 18.9 Å². The first-order valence-corrected chi connectivity index (χ1v) is 6.24. The van der Waals surface area contributed by atoms with E-state index in [9.17, 15) is 0 Å². The Labute approximate surface area is 92.0 Å². The van der Waals surface area contributed by atoms with Gasteiger partial charge in [-0.3, -0.25) is 5.41 Å². The van der Waals surface area contributed by atoms with Crippen molar-refractivity contribution in [3.63, 3.8) is 0 Å². The van der Waals surface area contributed by atoms with E-state index >= 15 is 0 Å². The average Bonchev–Trinajstić information content (AvgIpc) is 1.99. The molecule has 2 nitrogen and oxygen atoms in total. The maximum Gasteiger partial charge on any atom is 0.101 e. The van der Waals surface area contributed by atoms with Crippen molar-refractivity contribution in [3.05, 3.63) is 0 Å². The van der Waals surface area contributed by atoms with Gasteiger partial charge in [-0.15, -0.1) is 0 Å². The number of rotatable bonds is 0. The van der Waals surface area contributed by atoms with Gasteiger partial charge in [0.15, 0.2) is 0 Å². The van der Waals surface area contributed by atoms with Crippen LogP contribution < -0.4 is 0 Å². The van der Waals surface area contributed by atoms with Crippen molar-refractivity contribution < 1.29 is 0 Å². The van der Waals surface area contributed by atoms with Crippen LogP contribution in [0.3, 0.4) is 0 Å². The van der Waals surface area contributed by atoms with Crippen molar-refractivity contribution in [1.82, 2.24) is 4.90 Å². The molecule has 0 aliphatic carbocycles. The molecular formula is C11H22N2S. The van der Waals surface area contributed by atoms with Gasteiger partial charge in [-0.1, -0.05) is 34.6 Å². The first-order chi connectivity index (χ1) is 6.30. The minimum absolute atomic E-state index is 0.0125. The summed E-state index contributed by atoms with van der Waals surface area (Å²) in [4.78, 5) is 2.24. The van der Waals surface area contributed by atoms with Gasteiger partial charge in [0.2, 0.25) is 0 Å². The predicted octanol–water partition coefficient (Wildman–Crippen LogP) is 2.84. The van der Waals surface area contributed by atoms with Crippen LogP contribution in [-0.4, -0.2) is 34.3 Å². The summed E-state index contributed by atoms with van der Waals surface area (Å²) >= 11 is 2.03. The lowest BCUT2D eigenvalue weighted by Gasteiger charge is -2.40. The Balaban J connectivity index is 2.64. The van der Waals surface area contributed by atoms with Crippen LogP contribution in [0.5, 0.6) is 0 Å². The van der Waals surface area contributed by atoms with Gasteiger partial charge in [0.05, 0.1) is 0 Å². The van der Waals surface area contributed by atoms with E-state index in [-0.39, 0.29) is 5.41 Å². The van der Waals surface area contributed by atoms with Gasteiger partial charge in [0, 0.05) is 29.0 Å². The van der Waals surface area contributed by atoms with Gasteiger partial charge in [-0.25, -0.2) is 0 Å². The van der Waals surface area contributed by atoms with Crippen molar-refractivity contribution in [2.45, 2.75) is 45.1 Å². The number of nitrogens with zero attached hydrogens (tertiary/aromatic N) is 1. The van der Waals surface area contributed by atoms with Crippen LogP contribution in [0.4, 0.5) is 0 Å². The second-order valence-corrected chi connectivity index (χ2v) is 7.14. The highest BCUT2D eigenvalue weighted by molar-refractivity contribution is 8.00. The second kappa shape index (κ2) is 4.13. The Morgan fingerprint density at radius 2 is 1.64 bits per heavy atom. The van der Waals surface area contributed by atoms with Crippen LogP contribution in [0, 0.1) is 10.8 Å². The summed E-state index contributed by atoms with van der Waals surface area (Å²) in [5, 5.41) is 9.44. The molecular weight excluding hydrogens is 192 g/mol. The number of hydrogen-bond donors (Lipinski definition) is 1. The average molecular weight is 214 g/mol. The molecule has 0 spiro atoms. The number of nitrogens with one attached hydrogen (secondary N) is 1. The van der Waals surface area contributed by atoms with E-state index < -0.39 is 0 Å². The molecule has 82 valence electrons. The van der Waals surface area contributed by atoms with Crippen LogP contribution in [0.1, 0.15) is 34.6 Å². The van der Waals surface area contributed by atoms with Crippen LogP contribution >= 0.6 is 11.8 Å². The van der Waals surface area contributed by atoms with E-state index in [1.165, 1.54) is 0 Å². The summed E-state index contributed by atoms with van der Waals surface area (Å²) < 4.78 is 0. The maximum atomic E-state index is 8.13. The summed E-state index contributed by atoms with van der Waals surface area (Å²) in [7, 11) is 0. The zero-order valence-electron chi connectivity index (χ0n) is 9.92. The van der Waals surface area contributed by atoms with Crippen molar-refractivity contribution in [1.29, 1.82) is 5.41 Å². The molecule has 0 radical (unpaired) electrons. The molecule has 0 bridgehead atoms. The van der Waals surface area contributed by atoms with Crippen molar-refractivity contribution in [2.24, 2.45) is 5.41 Å². The Kier molecular flexibility index (Phi) is 3.51. The van der Waals surface area contributed by atoms with E-state index in [0.29, 0.717) is 10.5 Å². The van der Waals surface area contributed by atoms with Crippen molar-refractivity contribution in [3.8, 4) is 0 Å². The van der Waals surface area contributed by atoms with E-state index in [4.69, 9.17) is 5.41 Å². The molecule has 1 N–H and O–H groups in total. The summed E-state index contributed by atoms with van der Waals surface area (Å²) in [6, 6.07) is 0. The number of thioether (sulfide) groups is 1. The summed E-state index contributed by atoms with van der Waals surface area (Å²) in [5.74, 6) is 0.788. The highest BCUT2D eigenvalue weighted by Gasteiger charge is 2.29. The summed E-state index contributed by atoms with van der Waals surface area (Å²) in [5.41, 5.74) is -0.0125. The lowest BCUT2D eigenvalue weighted by atomic mass is 9.94. The van der Waals surface area contributed by atoms with Crippen LogP contribution in [0.25, 0.3) is 0 Å². The third kappa shape index (κ3) is 2.91. The van der Waals surface area contributed by atoms with Gasteiger partial charge in [-0.05, 0) is 0 Å². The lowest BCUT2D eigenvalue weighted by Crippen LogP contribution is -2.47. The Hall–Kier alpha value is -0.180. The van der Waals surface area contributed by atoms with Gasteiger partial charge >= 0.3 is 0 Å². The molecule has 3 heteroatoms. The molecule has 1 aliphatic heterocycles. The van der Waals surface area contributed by atoms with Crippen LogP contribution in [0.2, 0.25) is 0 Å². The summed E-state index contributed by atoms with van der Waals surface area (Å²) in [6.07, 6.45) is 0. The van der Waals surface area contributed by atoms with E-state index in [1.807, 2.05) is 11.8 Å². The largest absolute Gasteiger partial charge is 0.358 e. The SMILES string of the molecule is CC1CN(C(=N)C(C)(C)C)CC(C)S1. The van der Waals surface area contributed by atoms with Gasteiger partial charge in [0.25, 0.3) is 0 Å². The molecule has 0 aromatic carbocycles. The minimum Gasteiger partial charge on any atom is -0.358 e. The van der Waals surface area contributed by atoms with Crippen LogP contribution in [-0.2, 0) is 0 Å². The Morgan fingerprint density at radius 3 is 2.00 bits per heavy atom. The van der Waals surface area contributed by atoms with Gasteiger partial charge in [0.1, 0.15) is 5.84 Å². The third-order valence-electron chi connectivity index (χ3n) is 2.45. The first-order valence-electron chi connectivity index (χ1n) is 5.30. The molecule has 0 amide bonds. The maximum absolute atomic E-state index is 8.13. The van der Waals surface area contributed by atoms with E-state index in [2.05, 4.69) is 39.5 Å². The third-order valence-corrected chi connectivity index (χ3v) is 3.67. The van der Waals surface area contributed by atoms with E-state index in [1.54, 1.807) is 0 Å². The second-order valence-electron chi connectivity index (χ2n) is 5.26. The molecule has 1 heterocycles. The lowest BCUT2D eigenvalue weighted by molar-refractivity contribution is 0.360. The monoisotopic (exact) mass is 214 g/mol. The zero-order valence-corrected chi connectivity index (χ0v) is 10.7. The predicted molar refractivity (Wildman–Crippen MR) is 65.3 cm³/mol. The quantitative estimate of drug-likeness (QED) is 0.496. The van der Waals surface area contributed by atoms with Crippen molar-refractivity contribution in [2.75, 3.05) is 13.1 Å². The molecule has 2 atom stereocenters. The number of amidine groups is 1. The topological polar surface area (TPSA) is 27.1 Å². The molecule has 0 aromatic rings. The highest BCUT2D eigenvalue weighted by atomic mass is 32.2. The highest BCUT2D eigenvalue weighted by Crippen LogP contribution is 2.28. The zero-order chi connectivity index (χ0) is 10.9. The number of hydrogen-bond acceptors (Lipinski definition) is 2. The Bertz CT molecular complexity index is 210. The fourth-order valence-corrected chi connectivity index (χ4v) is 3.16.